The van der Waals surface area contributed by atoms with E-state index in [0.717, 1.165) is 0 Å². The van der Waals surface area contributed by atoms with Crippen LogP contribution in [0.15, 0.2) is 27.6 Å². The van der Waals surface area contributed by atoms with Crippen LogP contribution in [0.2, 0.25) is 0 Å². The Hall–Kier alpha value is -1.93. The minimum atomic E-state index is -3.87. The maximum absolute atomic E-state index is 13.9. The summed E-state index contributed by atoms with van der Waals surface area (Å²) in [4.78, 5) is 3.74. The van der Waals surface area contributed by atoms with Gasteiger partial charge in [0.1, 0.15) is 5.76 Å². The number of ether oxygens (including phenoxy) is 1. The maximum atomic E-state index is 13.9. The smallest absolute Gasteiger partial charge is 0.241 e. The topological polar surface area (TPSA) is 81.4 Å². The van der Waals surface area contributed by atoms with Crippen LogP contribution in [-0.2, 0) is 16.6 Å². The molecule has 0 aliphatic rings. The van der Waals surface area contributed by atoms with Crippen molar-refractivity contribution in [1.29, 1.82) is 0 Å². The van der Waals surface area contributed by atoms with Crippen molar-refractivity contribution in [3.8, 4) is 5.75 Å². The van der Waals surface area contributed by atoms with Gasteiger partial charge in [-0.15, -0.1) is 0 Å². The first-order valence-corrected chi connectivity index (χ1v) is 7.57. The van der Waals surface area contributed by atoms with Crippen LogP contribution >= 0.6 is 0 Å². The van der Waals surface area contributed by atoms with Gasteiger partial charge in [0.05, 0.1) is 24.7 Å². The monoisotopic (exact) mass is 314 g/mol. The Kier molecular flexibility index (Phi) is 4.29. The van der Waals surface area contributed by atoms with Crippen molar-refractivity contribution in [3.63, 3.8) is 0 Å². The van der Waals surface area contributed by atoms with E-state index in [1.807, 2.05) is 0 Å². The molecule has 21 heavy (non-hydrogen) atoms. The van der Waals surface area contributed by atoms with Crippen LogP contribution in [-0.4, -0.2) is 20.5 Å². The first-order chi connectivity index (χ1) is 9.85. The molecular weight excluding hydrogens is 299 g/mol. The highest BCUT2D eigenvalue weighted by Crippen LogP contribution is 2.25. The zero-order valence-electron chi connectivity index (χ0n) is 11.8. The van der Waals surface area contributed by atoms with Crippen molar-refractivity contribution in [2.75, 3.05) is 7.11 Å². The Bertz CT molecular complexity index is 756. The van der Waals surface area contributed by atoms with Crippen LogP contribution in [0.3, 0.4) is 0 Å². The fourth-order valence-electron chi connectivity index (χ4n) is 1.81. The van der Waals surface area contributed by atoms with E-state index in [2.05, 4.69) is 9.71 Å². The lowest BCUT2D eigenvalue weighted by Crippen LogP contribution is -2.24. The molecule has 114 valence electrons. The van der Waals surface area contributed by atoms with Gasteiger partial charge in [0.25, 0.3) is 0 Å². The number of aromatic nitrogens is 1. The standard InChI is InChI=1S/C13H15FN2O4S/c1-8-6-15-12(20-8)7-16-21(17,18)11-5-4-10(19-3)13(14)9(11)2/h4-6,16H,7H2,1-3H3. The number of halogens is 1. The lowest BCUT2D eigenvalue weighted by molar-refractivity contribution is 0.384. The third kappa shape index (κ3) is 3.22. The van der Waals surface area contributed by atoms with Crippen molar-refractivity contribution >= 4 is 10.0 Å². The van der Waals surface area contributed by atoms with Crippen LogP contribution in [0.1, 0.15) is 17.2 Å². The number of methoxy groups -OCH3 is 1. The molecule has 1 aromatic heterocycles. The summed E-state index contributed by atoms with van der Waals surface area (Å²) in [6.45, 7) is 2.97. The molecule has 1 aromatic carbocycles. The zero-order valence-corrected chi connectivity index (χ0v) is 12.6. The SMILES string of the molecule is COc1ccc(S(=O)(=O)NCc2ncc(C)o2)c(C)c1F. The molecule has 0 amide bonds. The lowest BCUT2D eigenvalue weighted by Gasteiger charge is -2.11. The minimum absolute atomic E-state index is 0.00484. The summed E-state index contributed by atoms with van der Waals surface area (Å²) in [5.74, 6) is 0.112. The zero-order chi connectivity index (χ0) is 15.6. The lowest BCUT2D eigenvalue weighted by atomic mass is 10.2. The third-order valence-electron chi connectivity index (χ3n) is 2.89. The fraction of sp³-hybridized carbons (Fsp3) is 0.308. The van der Waals surface area contributed by atoms with E-state index in [9.17, 15) is 12.8 Å². The summed E-state index contributed by atoms with van der Waals surface area (Å²) in [6, 6.07) is 2.56. The summed E-state index contributed by atoms with van der Waals surface area (Å²) >= 11 is 0. The number of sulfonamides is 1. The number of nitrogens with zero attached hydrogens (tertiary/aromatic N) is 1. The predicted molar refractivity (Wildman–Crippen MR) is 73.0 cm³/mol. The number of hydrogen-bond acceptors (Lipinski definition) is 5. The summed E-state index contributed by atoms with van der Waals surface area (Å²) < 4.78 is 50.6. The summed E-state index contributed by atoms with van der Waals surface area (Å²) in [5.41, 5.74) is -0.00886. The molecule has 6 nitrogen and oxygen atoms in total. The molecular formula is C13H15FN2O4S. The molecule has 0 fully saturated rings. The molecule has 0 saturated carbocycles. The highest BCUT2D eigenvalue weighted by Gasteiger charge is 2.21. The Morgan fingerprint density at radius 2 is 2.10 bits per heavy atom. The van der Waals surface area contributed by atoms with Crippen LogP contribution in [0, 0.1) is 19.7 Å². The highest BCUT2D eigenvalue weighted by atomic mass is 32.2. The summed E-state index contributed by atoms with van der Waals surface area (Å²) in [7, 11) is -2.56. The number of aryl methyl sites for hydroxylation is 1. The molecule has 8 heteroatoms. The molecule has 1 N–H and O–H groups in total. The second-order valence-electron chi connectivity index (χ2n) is 4.39. The van der Waals surface area contributed by atoms with Gasteiger partial charge in [-0.25, -0.2) is 22.5 Å². The molecule has 0 atom stereocenters. The third-order valence-corrected chi connectivity index (χ3v) is 4.44. The van der Waals surface area contributed by atoms with E-state index in [1.165, 1.54) is 32.4 Å². The van der Waals surface area contributed by atoms with Crippen molar-refractivity contribution in [2.45, 2.75) is 25.3 Å². The minimum Gasteiger partial charge on any atom is -0.494 e. The van der Waals surface area contributed by atoms with Crippen LogP contribution in [0.5, 0.6) is 5.75 Å². The van der Waals surface area contributed by atoms with E-state index < -0.39 is 15.8 Å². The normalized spacial score (nSPS) is 11.6. The largest absolute Gasteiger partial charge is 0.494 e. The summed E-state index contributed by atoms with van der Waals surface area (Å²) in [5, 5.41) is 0. The number of hydrogen-bond donors (Lipinski definition) is 1. The molecule has 2 aromatic rings. The van der Waals surface area contributed by atoms with Crippen LogP contribution in [0.4, 0.5) is 4.39 Å². The molecule has 0 radical (unpaired) electrons. The van der Waals surface area contributed by atoms with Gasteiger partial charge < -0.3 is 9.15 Å². The second-order valence-corrected chi connectivity index (χ2v) is 6.13. The number of rotatable bonds is 5. The van der Waals surface area contributed by atoms with Crippen molar-refractivity contribution in [3.05, 3.63) is 41.4 Å². The van der Waals surface area contributed by atoms with Gasteiger partial charge in [-0.1, -0.05) is 0 Å². The predicted octanol–water partition coefficient (Wildman–Crippen LogP) is 1.92. The van der Waals surface area contributed by atoms with Gasteiger partial charge in [0.15, 0.2) is 11.6 Å². The quantitative estimate of drug-likeness (QED) is 0.912. The molecule has 0 saturated heterocycles. The number of nitrogens with one attached hydrogen (secondary N) is 1. The van der Waals surface area contributed by atoms with Crippen molar-refractivity contribution in [1.82, 2.24) is 9.71 Å². The van der Waals surface area contributed by atoms with Crippen molar-refractivity contribution < 1.29 is 22.0 Å². The molecule has 0 bridgehead atoms. The highest BCUT2D eigenvalue weighted by molar-refractivity contribution is 7.89. The van der Waals surface area contributed by atoms with Gasteiger partial charge in [-0.05, 0) is 26.0 Å². The Morgan fingerprint density at radius 1 is 1.38 bits per heavy atom. The molecule has 0 aliphatic carbocycles. The average Bonchev–Trinajstić information content (AvgIpc) is 2.85. The molecule has 2 rings (SSSR count). The summed E-state index contributed by atoms with van der Waals surface area (Å²) in [6.07, 6.45) is 1.49. The number of benzene rings is 1. The molecule has 0 unspecified atom stereocenters. The first kappa shape index (κ1) is 15.5. The van der Waals surface area contributed by atoms with E-state index in [1.54, 1.807) is 6.92 Å². The van der Waals surface area contributed by atoms with Gasteiger partial charge >= 0.3 is 0 Å². The molecule has 1 heterocycles. The molecule has 0 spiro atoms. The van der Waals surface area contributed by atoms with E-state index in [4.69, 9.17) is 9.15 Å². The van der Waals surface area contributed by atoms with Gasteiger partial charge in [0.2, 0.25) is 15.9 Å². The van der Waals surface area contributed by atoms with E-state index >= 15 is 0 Å². The molecule has 0 aliphatic heterocycles. The average molecular weight is 314 g/mol. The van der Waals surface area contributed by atoms with Crippen LogP contribution in [0.25, 0.3) is 0 Å². The van der Waals surface area contributed by atoms with Crippen LogP contribution < -0.4 is 9.46 Å². The Balaban J connectivity index is 2.25. The van der Waals surface area contributed by atoms with Gasteiger partial charge in [-0.3, -0.25) is 0 Å². The fourth-order valence-corrected chi connectivity index (χ4v) is 3.02. The second kappa shape index (κ2) is 5.82. The van der Waals surface area contributed by atoms with E-state index in [-0.39, 0.29) is 28.6 Å². The first-order valence-electron chi connectivity index (χ1n) is 6.09. The van der Waals surface area contributed by atoms with E-state index in [0.29, 0.717) is 5.76 Å². The van der Waals surface area contributed by atoms with Gasteiger partial charge in [0, 0.05) is 5.56 Å². The number of oxazole rings is 1. The van der Waals surface area contributed by atoms with Crippen molar-refractivity contribution in [2.24, 2.45) is 0 Å². The van der Waals surface area contributed by atoms with Gasteiger partial charge in [-0.2, -0.15) is 0 Å². The Morgan fingerprint density at radius 3 is 2.67 bits per heavy atom. The maximum Gasteiger partial charge on any atom is 0.241 e. The Labute approximate surface area is 122 Å².